The van der Waals surface area contributed by atoms with Gasteiger partial charge in [0.1, 0.15) is 0 Å². The van der Waals surface area contributed by atoms with Crippen molar-refractivity contribution in [3.63, 3.8) is 0 Å². The van der Waals surface area contributed by atoms with Gasteiger partial charge < -0.3 is 24.8 Å². The van der Waals surface area contributed by atoms with Crippen LogP contribution in [0.1, 0.15) is 68.0 Å². The van der Waals surface area contributed by atoms with E-state index in [0.717, 1.165) is 0 Å². The third-order valence-electron chi connectivity index (χ3n) is 5.36. The number of halogens is 2. The van der Waals surface area contributed by atoms with Crippen molar-refractivity contribution in [1.82, 2.24) is 4.98 Å². The fourth-order valence-electron chi connectivity index (χ4n) is 4.06. The van der Waals surface area contributed by atoms with Gasteiger partial charge in [0.2, 0.25) is 0 Å². The first-order chi connectivity index (χ1) is 12.0. The molecule has 1 aromatic heterocycles. The standard InChI is InChI=1S/C12H20N.C11H13Si.2ClH.Ti/c1-11(2,3)9-7-13-8-10(9)12(4,5)6;1-12(2)11-7-9-5-3-4-6-10(9)8-11;;;/h7,13H,1-6H3;3-8,12H,1-2H3;2*1H;/q;;;;+2/p-2. The zero-order valence-electron chi connectivity index (χ0n) is 18.4. The van der Waals surface area contributed by atoms with Crippen LogP contribution in [-0.4, -0.2) is 13.8 Å². The van der Waals surface area contributed by atoms with Crippen LogP contribution in [-0.2, 0) is 30.0 Å². The third-order valence-corrected chi connectivity index (χ3v) is 10.2. The smallest absolute Gasteiger partial charge is 1.00 e. The molecule has 1 aliphatic rings. The Morgan fingerprint density at radius 3 is 2.07 bits per heavy atom. The van der Waals surface area contributed by atoms with E-state index >= 15 is 0 Å². The van der Waals surface area contributed by atoms with Crippen molar-refractivity contribution >= 4 is 18.9 Å². The summed E-state index contributed by atoms with van der Waals surface area (Å²) in [5.41, 5.74) is 6.50. The molecule has 1 N–H and O–H groups in total. The fraction of sp³-hybridized carbons (Fsp3) is 0.478. The number of benzene rings is 1. The topological polar surface area (TPSA) is 15.8 Å². The monoisotopic (exact) mass is 469 g/mol. The van der Waals surface area contributed by atoms with Crippen LogP contribution in [0, 0.1) is 0 Å². The Balaban J connectivity index is 0.00000196. The average molecular weight is 470 g/mol. The molecule has 0 bridgehead atoms. The molecular weight excluding hydrogens is 437 g/mol. The molecule has 0 aliphatic heterocycles. The number of rotatable bonds is 3. The van der Waals surface area contributed by atoms with Crippen molar-refractivity contribution in [3.05, 3.63) is 57.9 Å². The summed E-state index contributed by atoms with van der Waals surface area (Å²) in [4.78, 5) is 3.75. The number of aromatic amines is 1. The molecule has 0 fully saturated rings. The summed E-state index contributed by atoms with van der Waals surface area (Å²) in [7, 11) is -0.815. The molecular formula is C23H33Cl2NSiTi. The van der Waals surface area contributed by atoms with Gasteiger partial charge in [0.25, 0.3) is 0 Å². The first-order valence-corrected chi connectivity index (χ1v) is 14.4. The summed E-state index contributed by atoms with van der Waals surface area (Å²) in [6, 6.07) is 9.08. The van der Waals surface area contributed by atoms with Gasteiger partial charge in [-0.3, -0.25) is 0 Å². The third kappa shape index (κ3) is 5.08. The molecule has 1 aromatic carbocycles. The number of hydrogen-bond acceptors (Lipinski definition) is 0. The van der Waals surface area contributed by atoms with Crippen molar-refractivity contribution in [2.45, 2.75) is 69.7 Å². The Morgan fingerprint density at radius 2 is 1.54 bits per heavy atom. The molecule has 28 heavy (non-hydrogen) atoms. The maximum absolute atomic E-state index is 3.75. The molecule has 1 aliphatic carbocycles. The molecule has 2 aromatic rings. The number of hydrogen-bond donors (Lipinski definition) is 1. The van der Waals surface area contributed by atoms with E-state index in [4.69, 9.17) is 0 Å². The normalized spacial score (nSPS) is 16.0. The van der Waals surface area contributed by atoms with Crippen LogP contribution in [0.3, 0.4) is 0 Å². The minimum Gasteiger partial charge on any atom is -1.00 e. The summed E-state index contributed by atoms with van der Waals surface area (Å²) in [5.74, 6) is 0. The second-order valence-electron chi connectivity index (χ2n) is 9.96. The van der Waals surface area contributed by atoms with Crippen LogP contribution in [0.25, 0.3) is 6.08 Å². The van der Waals surface area contributed by atoms with Crippen LogP contribution in [0.4, 0.5) is 0 Å². The number of aromatic nitrogens is 1. The fourth-order valence-corrected chi connectivity index (χ4v) is 10.1. The van der Waals surface area contributed by atoms with E-state index in [1.165, 1.54) is 11.1 Å². The molecule has 3 rings (SSSR count). The molecule has 1 atom stereocenters. The predicted octanol–water partition coefficient (Wildman–Crippen LogP) is -0.510. The van der Waals surface area contributed by atoms with E-state index in [2.05, 4.69) is 96.2 Å². The first kappa shape index (κ1) is 25.8. The van der Waals surface area contributed by atoms with Gasteiger partial charge in [-0.25, -0.2) is 0 Å². The van der Waals surface area contributed by atoms with E-state index in [-0.39, 0.29) is 54.8 Å². The molecule has 152 valence electrons. The van der Waals surface area contributed by atoms with Crippen molar-refractivity contribution in [3.8, 4) is 0 Å². The van der Waals surface area contributed by atoms with Gasteiger partial charge >= 0.3 is 171 Å². The van der Waals surface area contributed by atoms with Crippen LogP contribution >= 0.6 is 0 Å². The molecule has 0 saturated carbocycles. The average Bonchev–Trinajstić information content (AvgIpc) is 3.09. The molecule has 1 nitrogen and oxygen atoms in total. The summed E-state index contributed by atoms with van der Waals surface area (Å²) in [6.07, 6.45) is 4.82. The largest absolute Gasteiger partial charge is 1.00 e. The van der Waals surface area contributed by atoms with Crippen LogP contribution in [0.5, 0.6) is 0 Å². The Morgan fingerprint density at radius 1 is 0.929 bits per heavy atom. The molecule has 5 heteroatoms. The van der Waals surface area contributed by atoms with Gasteiger partial charge in [0.15, 0.2) is 0 Å². The van der Waals surface area contributed by atoms with Crippen molar-refractivity contribution < 1.29 is 44.0 Å². The summed E-state index contributed by atoms with van der Waals surface area (Å²) in [6.45, 7) is 19.1. The molecule has 1 heterocycles. The van der Waals surface area contributed by atoms with Gasteiger partial charge in [-0.15, -0.1) is 0 Å². The summed E-state index contributed by atoms with van der Waals surface area (Å²) in [5, 5.41) is 1.76. The summed E-state index contributed by atoms with van der Waals surface area (Å²) >= 11 is -0.313. The second kappa shape index (κ2) is 9.27. The quantitative estimate of drug-likeness (QED) is 0.582. The number of fused-ring (bicyclic) bond motifs is 1. The maximum atomic E-state index is 3.75. The van der Waals surface area contributed by atoms with Gasteiger partial charge in [0, 0.05) is 0 Å². The van der Waals surface area contributed by atoms with Crippen LogP contribution in [0.2, 0.25) is 13.1 Å². The van der Waals surface area contributed by atoms with Crippen molar-refractivity contribution in [2.24, 2.45) is 0 Å². The Hall–Kier alpha value is -0.249. The van der Waals surface area contributed by atoms with Gasteiger partial charge in [-0.05, 0) is 0 Å². The molecule has 1 unspecified atom stereocenters. The number of nitrogens with one attached hydrogen (secondary N) is 1. The van der Waals surface area contributed by atoms with Gasteiger partial charge in [-0.2, -0.15) is 0 Å². The maximum Gasteiger partial charge on any atom is -1.00 e. The van der Waals surface area contributed by atoms with Crippen LogP contribution < -0.4 is 28.8 Å². The van der Waals surface area contributed by atoms with E-state index < -0.39 is 8.80 Å². The van der Waals surface area contributed by atoms with Gasteiger partial charge in [-0.1, -0.05) is 0 Å². The number of allylic oxidation sites excluding steroid dienone is 1. The molecule has 0 spiro atoms. The van der Waals surface area contributed by atoms with E-state index in [1.807, 2.05) is 0 Å². The molecule has 0 radical (unpaired) electrons. The predicted molar refractivity (Wildman–Crippen MR) is 114 cm³/mol. The first-order valence-electron chi connectivity index (χ1n) is 9.79. The van der Waals surface area contributed by atoms with Crippen molar-refractivity contribution in [1.29, 1.82) is 0 Å². The van der Waals surface area contributed by atoms with E-state index in [1.54, 1.807) is 20.3 Å². The molecule has 0 amide bonds. The summed E-state index contributed by atoms with van der Waals surface area (Å²) < 4.78 is 2.23. The Bertz CT molecular complexity index is 841. The van der Waals surface area contributed by atoms with E-state index in [0.29, 0.717) is 4.22 Å². The zero-order valence-corrected chi connectivity index (χ0v) is 22.6. The van der Waals surface area contributed by atoms with Crippen molar-refractivity contribution in [2.75, 3.05) is 0 Å². The molecule has 0 saturated heterocycles. The minimum absolute atomic E-state index is 0. The Kier molecular flexibility index (Phi) is 8.54. The minimum atomic E-state index is -0.815. The zero-order chi connectivity index (χ0) is 19.3. The van der Waals surface area contributed by atoms with Crippen LogP contribution in [0.15, 0.2) is 35.7 Å². The second-order valence-corrected chi connectivity index (χ2v) is 15.1. The Labute approximate surface area is 194 Å². The SMILES string of the molecule is C[SiH](C)C1=Cc2ccccc2[CH]1[Ti+2][c]1[nH]cc(C(C)(C)C)c1C(C)(C)C.[Cl-].[Cl-]. The number of H-pyrrole nitrogens is 1. The van der Waals surface area contributed by atoms with E-state index in [9.17, 15) is 0 Å². The van der Waals surface area contributed by atoms with Gasteiger partial charge in [0.05, 0.1) is 0 Å².